The number of benzene rings is 1. The highest BCUT2D eigenvalue weighted by atomic mass is 16.3. The number of hydrogen-bond acceptors (Lipinski definition) is 5. The van der Waals surface area contributed by atoms with Crippen LogP contribution in [0, 0.1) is 0 Å². The first-order valence-electron chi connectivity index (χ1n) is 9.31. The lowest BCUT2D eigenvalue weighted by atomic mass is 10.2. The fourth-order valence-corrected chi connectivity index (χ4v) is 3.16. The summed E-state index contributed by atoms with van der Waals surface area (Å²) >= 11 is 0. The first-order chi connectivity index (χ1) is 13.2. The van der Waals surface area contributed by atoms with Crippen molar-refractivity contribution in [3.05, 3.63) is 54.0 Å². The van der Waals surface area contributed by atoms with Crippen LogP contribution < -0.4 is 16.0 Å². The van der Waals surface area contributed by atoms with Gasteiger partial charge in [-0.05, 0) is 24.6 Å². The summed E-state index contributed by atoms with van der Waals surface area (Å²) in [5, 5.41) is 2.80. The maximum absolute atomic E-state index is 12.4. The average Bonchev–Trinajstić information content (AvgIpc) is 3.21. The first kappa shape index (κ1) is 19.0. The third kappa shape index (κ3) is 5.10. The third-order valence-corrected chi connectivity index (χ3v) is 4.72. The summed E-state index contributed by atoms with van der Waals surface area (Å²) in [7, 11) is 0. The van der Waals surface area contributed by atoms with E-state index in [1.165, 1.54) is 12.0 Å². The Morgan fingerprint density at radius 2 is 1.85 bits per heavy atom. The van der Waals surface area contributed by atoms with E-state index in [4.69, 9.17) is 10.2 Å². The zero-order chi connectivity index (χ0) is 19.1. The first-order valence-corrected chi connectivity index (χ1v) is 9.31. The molecule has 144 valence electrons. The molecular weight excluding hydrogens is 344 g/mol. The monoisotopic (exact) mass is 370 g/mol. The van der Waals surface area contributed by atoms with Crippen LogP contribution in [0.3, 0.4) is 0 Å². The molecule has 0 aliphatic carbocycles. The number of carbonyl (C=O) groups excluding carboxylic acids is 2. The molecule has 0 atom stereocenters. The second-order valence-corrected chi connectivity index (χ2v) is 6.57. The van der Waals surface area contributed by atoms with Crippen LogP contribution in [0.25, 0.3) is 0 Å². The number of amides is 2. The Labute approximate surface area is 159 Å². The quantitative estimate of drug-likeness (QED) is 0.722. The molecule has 0 unspecified atom stereocenters. The van der Waals surface area contributed by atoms with Crippen molar-refractivity contribution >= 4 is 17.5 Å². The van der Waals surface area contributed by atoms with Gasteiger partial charge in [-0.2, -0.15) is 0 Å². The van der Waals surface area contributed by atoms with Crippen LogP contribution in [0.2, 0.25) is 0 Å². The fourth-order valence-electron chi connectivity index (χ4n) is 3.16. The Hall–Kier alpha value is -2.80. The number of furan rings is 1. The molecule has 2 amide bonds. The van der Waals surface area contributed by atoms with Gasteiger partial charge in [-0.3, -0.25) is 9.59 Å². The van der Waals surface area contributed by atoms with Crippen molar-refractivity contribution in [1.29, 1.82) is 0 Å². The summed E-state index contributed by atoms with van der Waals surface area (Å²) in [6.07, 6.45) is 2.45. The molecule has 1 aromatic carbocycles. The van der Waals surface area contributed by atoms with Gasteiger partial charge in [-0.15, -0.1) is 0 Å². The summed E-state index contributed by atoms with van der Waals surface area (Å²) in [5.74, 6) is 0.512. The van der Waals surface area contributed by atoms with E-state index in [1.807, 2.05) is 23.1 Å². The van der Waals surface area contributed by atoms with Crippen molar-refractivity contribution in [2.24, 2.45) is 5.73 Å². The van der Waals surface area contributed by atoms with Gasteiger partial charge in [0.05, 0.1) is 12.1 Å². The SMILES string of the molecule is NCc1cc(C(=O)NCCCC(=O)N2CCN(c3ccccc3)CC2)co1. The van der Waals surface area contributed by atoms with Crippen LogP contribution in [0.4, 0.5) is 5.69 Å². The minimum absolute atomic E-state index is 0.144. The summed E-state index contributed by atoms with van der Waals surface area (Å²) in [5.41, 5.74) is 7.12. The van der Waals surface area contributed by atoms with Crippen molar-refractivity contribution < 1.29 is 14.0 Å². The molecule has 0 spiro atoms. The average molecular weight is 370 g/mol. The molecule has 0 radical (unpaired) electrons. The predicted molar refractivity (Wildman–Crippen MR) is 103 cm³/mol. The number of piperazine rings is 1. The molecule has 1 fully saturated rings. The van der Waals surface area contributed by atoms with Crippen LogP contribution in [0.1, 0.15) is 29.0 Å². The number of para-hydroxylation sites is 1. The van der Waals surface area contributed by atoms with Gasteiger partial charge in [0.2, 0.25) is 5.91 Å². The van der Waals surface area contributed by atoms with Gasteiger partial charge in [0, 0.05) is 44.8 Å². The maximum atomic E-state index is 12.4. The van der Waals surface area contributed by atoms with Gasteiger partial charge in [0.25, 0.3) is 5.91 Å². The van der Waals surface area contributed by atoms with Crippen molar-refractivity contribution in [2.75, 3.05) is 37.6 Å². The molecule has 0 bridgehead atoms. The van der Waals surface area contributed by atoms with Gasteiger partial charge in [0.1, 0.15) is 12.0 Å². The van der Waals surface area contributed by atoms with Crippen LogP contribution in [0.15, 0.2) is 47.1 Å². The van der Waals surface area contributed by atoms with Gasteiger partial charge < -0.3 is 25.3 Å². The Bertz CT molecular complexity index is 752. The van der Waals surface area contributed by atoms with E-state index in [9.17, 15) is 9.59 Å². The zero-order valence-electron chi connectivity index (χ0n) is 15.4. The number of hydrogen-bond donors (Lipinski definition) is 2. The lowest BCUT2D eigenvalue weighted by Gasteiger charge is -2.36. The molecule has 27 heavy (non-hydrogen) atoms. The minimum atomic E-state index is -0.206. The molecule has 2 heterocycles. The molecule has 0 saturated carbocycles. The molecule has 7 heteroatoms. The Morgan fingerprint density at radius 3 is 2.52 bits per heavy atom. The summed E-state index contributed by atoms with van der Waals surface area (Å²) in [6, 6.07) is 11.9. The molecular formula is C20H26N4O3. The topological polar surface area (TPSA) is 91.8 Å². The Morgan fingerprint density at radius 1 is 1.11 bits per heavy atom. The Balaban J connectivity index is 1.34. The van der Waals surface area contributed by atoms with Gasteiger partial charge in [-0.25, -0.2) is 0 Å². The van der Waals surface area contributed by atoms with Crippen molar-refractivity contribution in [1.82, 2.24) is 10.2 Å². The maximum Gasteiger partial charge on any atom is 0.254 e. The van der Waals surface area contributed by atoms with Crippen molar-refractivity contribution in [3.8, 4) is 0 Å². The summed E-state index contributed by atoms with van der Waals surface area (Å²) in [6.45, 7) is 3.87. The van der Waals surface area contributed by atoms with E-state index in [0.717, 1.165) is 26.2 Å². The van der Waals surface area contributed by atoms with E-state index >= 15 is 0 Å². The van der Waals surface area contributed by atoms with Crippen LogP contribution in [-0.4, -0.2) is 49.4 Å². The summed E-state index contributed by atoms with van der Waals surface area (Å²) in [4.78, 5) is 28.5. The second-order valence-electron chi connectivity index (χ2n) is 6.57. The molecule has 2 aromatic rings. The van der Waals surface area contributed by atoms with E-state index < -0.39 is 0 Å². The smallest absolute Gasteiger partial charge is 0.254 e. The zero-order valence-corrected chi connectivity index (χ0v) is 15.4. The van der Waals surface area contributed by atoms with Crippen molar-refractivity contribution in [2.45, 2.75) is 19.4 Å². The lowest BCUT2D eigenvalue weighted by molar-refractivity contribution is -0.131. The largest absolute Gasteiger partial charge is 0.467 e. The van der Waals surface area contributed by atoms with Gasteiger partial charge in [-0.1, -0.05) is 18.2 Å². The third-order valence-electron chi connectivity index (χ3n) is 4.72. The summed E-state index contributed by atoms with van der Waals surface area (Å²) < 4.78 is 5.15. The highest BCUT2D eigenvalue weighted by Gasteiger charge is 2.20. The lowest BCUT2D eigenvalue weighted by Crippen LogP contribution is -2.48. The molecule has 1 aliphatic heterocycles. The van der Waals surface area contributed by atoms with E-state index in [0.29, 0.717) is 30.7 Å². The molecule has 3 rings (SSSR count). The number of nitrogens with zero attached hydrogens (tertiary/aromatic N) is 2. The fraction of sp³-hybridized carbons (Fsp3) is 0.400. The van der Waals surface area contributed by atoms with Crippen molar-refractivity contribution in [3.63, 3.8) is 0 Å². The molecule has 1 aromatic heterocycles. The van der Waals surface area contributed by atoms with E-state index in [2.05, 4.69) is 22.3 Å². The van der Waals surface area contributed by atoms with Gasteiger partial charge in [0.15, 0.2) is 0 Å². The molecule has 1 saturated heterocycles. The van der Waals surface area contributed by atoms with Crippen LogP contribution in [0.5, 0.6) is 0 Å². The highest BCUT2D eigenvalue weighted by molar-refractivity contribution is 5.93. The number of nitrogens with one attached hydrogen (secondary N) is 1. The second kappa shape index (κ2) is 9.23. The van der Waals surface area contributed by atoms with Gasteiger partial charge >= 0.3 is 0 Å². The Kier molecular flexibility index (Phi) is 6.49. The van der Waals surface area contributed by atoms with E-state index in [-0.39, 0.29) is 18.4 Å². The van der Waals surface area contributed by atoms with E-state index in [1.54, 1.807) is 6.07 Å². The predicted octanol–water partition coefficient (Wildman–Crippen LogP) is 1.60. The highest BCUT2D eigenvalue weighted by Crippen LogP contribution is 2.16. The van der Waals surface area contributed by atoms with Crippen LogP contribution in [-0.2, 0) is 11.3 Å². The normalized spacial score (nSPS) is 14.3. The molecule has 3 N–H and O–H groups in total. The number of carbonyl (C=O) groups is 2. The molecule has 7 nitrogen and oxygen atoms in total. The standard InChI is InChI=1S/C20H26N4O3/c21-14-18-13-16(15-27-18)20(26)22-8-4-7-19(25)24-11-9-23(10-12-24)17-5-2-1-3-6-17/h1-3,5-6,13,15H,4,7-12,14,21H2,(H,22,26). The minimum Gasteiger partial charge on any atom is -0.467 e. The number of anilines is 1. The molecule has 1 aliphatic rings. The van der Waals surface area contributed by atoms with Crippen LogP contribution >= 0.6 is 0 Å². The number of rotatable bonds is 7. The number of nitrogens with two attached hydrogens (primary N) is 1.